The van der Waals surface area contributed by atoms with E-state index in [4.69, 9.17) is 0 Å². The molecule has 1 saturated heterocycles. The molecule has 0 saturated carbocycles. The summed E-state index contributed by atoms with van der Waals surface area (Å²) in [5.74, 6) is 0. The van der Waals surface area contributed by atoms with Crippen molar-refractivity contribution in [3.63, 3.8) is 0 Å². The molecule has 1 N–H and O–H groups in total. The topological polar surface area (TPSA) is 12.0 Å². The quantitative estimate of drug-likeness (QED) is 0.552. The highest BCUT2D eigenvalue weighted by Crippen LogP contribution is 2.28. The van der Waals surface area contributed by atoms with Crippen LogP contribution in [-0.2, 0) is 0 Å². The van der Waals surface area contributed by atoms with Crippen LogP contribution in [0.25, 0.3) is 0 Å². The summed E-state index contributed by atoms with van der Waals surface area (Å²) in [4.78, 5) is 0. The Hall–Kier alpha value is -0.300. The zero-order valence-electron chi connectivity index (χ0n) is 6.11. The Balaban J connectivity index is 2.40. The highest BCUT2D eigenvalue weighted by Gasteiger charge is 2.26. The van der Waals surface area contributed by atoms with Gasteiger partial charge in [0.1, 0.15) is 0 Å². The first-order valence-electron chi connectivity index (χ1n) is 3.58. The van der Waals surface area contributed by atoms with Crippen molar-refractivity contribution in [1.29, 1.82) is 0 Å². The van der Waals surface area contributed by atoms with Crippen LogP contribution in [0.3, 0.4) is 0 Å². The molecule has 0 aromatic heterocycles. The van der Waals surface area contributed by atoms with E-state index >= 15 is 0 Å². The second-order valence-corrected chi connectivity index (χ2v) is 3.23. The van der Waals surface area contributed by atoms with E-state index in [9.17, 15) is 0 Å². The molecular formula is C8H15N. The van der Waals surface area contributed by atoms with Gasteiger partial charge in [0, 0.05) is 6.54 Å². The molecule has 1 unspecified atom stereocenters. The molecule has 1 heteroatoms. The van der Waals surface area contributed by atoms with Gasteiger partial charge in [-0.2, -0.15) is 0 Å². The second kappa shape index (κ2) is 2.53. The van der Waals surface area contributed by atoms with Crippen LogP contribution in [0, 0.1) is 5.41 Å². The number of allylic oxidation sites excluding steroid dienone is 1. The molecule has 1 fully saturated rings. The molecule has 0 bridgehead atoms. The first-order chi connectivity index (χ1) is 4.27. The minimum absolute atomic E-state index is 0.516. The summed E-state index contributed by atoms with van der Waals surface area (Å²) in [5.41, 5.74) is 0.516. The Morgan fingerprint density at radius 1 is 1.78 bits per heavy atom. The first-order valence-corrected chi connectivity index (χ1v) is 3.58. The van der Waals surface area contributed by atoms with Crippen molar-refractivity contribution in [3.8, 4) is 0 Å². The smallest absolute Gasteiger partial charge is 0.000861 e. The van der Waals surface area contributed by atoms with E-state index in [2.05, 4.69) is 18.8 Å². The van der Waals surface area contributed by atoms with Crippen molar-refractivity contribution in [2.24, 2.45) is 5.41 Å². The molecular weight excluding hydrogens is 110 g/mol. The van der Waals surface area contributed by atoms with Gasteiger partial charge in [-0.05, 0) is 24.8 Å². The van der Waals surface area contributed by atoms with Gasteiger partial charge < -0.3 is 5.32 Å². The van der Waals surface area contributed by atoms with Gasteiger partial charge in [-0.3, -0.25) is 0 Å². The average Bonchev–Trinajstić information content (AvgIpc) is 2.16. The van der Waals surface area contributed by atoms with E-state index in [1.807, 2.05) is 6.08 Å². The fourth-order valence-electron chi connectivity index (χ4n) is 1.39. The van der Waals surface area contributed by atoms with Crippen LogP contribution >= 0.6 is 0 Å². The summed E-state index contributed by atoms with van der Waals surface area (Å²) < 4.78 is 0. The fraction of sp³-hybridized carbons (Fsp3) is 0.750. The van der Waals surface area contributed by atoms with Gasteiger partial charge in [0.05, 0.1) is 0 Å². The maximum atomic E-state index is 3.74. The molecule has 9 heavy (non-hydrogen) atoms. The van der Waals surface area contributed by atoms with Crippen molar-refractivity contribution in [3.05, 3.63) is 12.7 Å². The zero-order valence-corrected chi connectivity index (χ0v) is 6.11. The van der Waals surface area contributed by atoms with Crippen molar-refractivity contribution >= 4 is 0 Å². The third-order valence-corrected chi connectivity index (χ3v) is 2.09. The predicted molar refractivity (Wildman–Crippen MR) is 40.4 cm³/mol. The lowest BCUT2D eigenvalue weighted by Crippen LogP contribution is -2.18. The third-order valence-electron chi connectivity index (χ3n) is 2.09. The lowest BCUT2D eigenvalue weighted by atomic mass is 9.86. The molecule has 1 nitrogen and oxygen atoms in total. The molecule has 0 aromatic carbocycles. The van der Waals surface area contributed by atoms with Gasteiger partial charge in [0.15, 0.2) is 0 Å². The SMILES string of the molecule is C=CCC1(C)CCNC1. The van der Waals surface area contributed by atoms with Gasteiger partial charge >= 0.3 is 0 Å². The van der Waals surface area contributed by atoms with Crippen LogP contribution in [0.1, 0.15) is 19.8 Å². The van der Waals surface area contributed by atoms with E-state index < -0.39 is 0 Å². The molecule has 0 spiro atoms. The highest BCUT2D eigenvalue weighted by molar-refractivity contribution is 4.89. The molecule has 1 aliphatic rings. The maximum absolute atomic E-state index is 3.74. The molecule has 0 aromatic rings. The van der Waals surface area contributed by atoms with Gasteiger partial charge in [-0.25, -0.2) is 0 Å². The van der Waals surface area contributed by atoms with Crippen LogP contribution < -0.4 is 5.32 Å². The van der Waals surface area contributed by atoms with E-state index in [1.165, 1.54) is 19.5 Å². The summed E-state index contributed by atoms with van der Waals surface area (Å²) in [6, 6.07) is 0. The monoisotopic (exact) mass is 125 g/mol. The molecule has 1 rings (SSSR count). The van der Waals surface area contributed by atoms with Crippen molar-refractivity contribution < 1.29 is 0 Å². The van der Waals surface area contributed by atoms with Gasteiger partial charge in [0.2, 0.25) is 0 Å². The molecule has 0 radical (unpaired) electrons. The lowest BCUT2D eigenvalue weighted by molar-refractivity contribution is 0.371. The summed E-state index contributed by atoms with van der Waals surface area (Å²) in [6.45, 7) is 8.41. The van der Waals surface area contributed by atoms with Crippen LogP contribution in [-0.4, -0.2) is 13.1 Å². The minimum Gasteiger partial charge on any atom is -0.316 e. The van der Waals surface area contributed by atoms with Crippen LogP contribution in [0.2, 0.25) is 0 Å². The molecule has 0 aliphatic carbocycles. The Kier molecular flexibility index (Phi) is 1.91. The van der Waals surface area contributed by atoms with E-state index in [1.54, 1.807) is 0 Å². The minimum atomic E-state index is 0.516. The number of rotatable bonds is 2. The lowest BCUT2D eigenvalue weighted by Gasteiger charge is -2.19. The molecule has 1 aliphatic heterocycles. The molecule has 1 atom stereocenters. The van der Waals surface area contributed by atoms with Gasteiger partial charge in [0.25, 0.3) is 0 Å². The average molecular weight is 125 g/mol. The Morgan fingerprint density at radius 2 is 2.56 bits per heavy atom. The van der Waals surface area contributed by atoms with Crippen molar-refractivity contribution in [2.75, 3.05) is 13.1 Å². The van der Waals surface area contributed by atoms with Crippen molar-refractivity contribution in [2.45, 2.75) is 19.8 Å². The molecule has 1 heterocycles. The number of nitrogens with one attached hydrogen (secondary N) is 1. The second-order valence-electron chi connectivity index (χ2n) is 3.23. The van der Waals surface area contributed by atoms with Crippen LogP contribution in [0.5, 0.6) is 0 Å². The predicted octanol–water partition coefficient (Wildman–Crippen LogP) is 1.56. The summed E-state index contributed by atoms with van der Waals surface area (Å²) in [7, 11) is 0. The Morgan fingerprint density at radius 3 is 3.00 bits per heavy atom. The van der Waals surface area contributed by atoms with Crippen LogP contribution in [0.15, 0.2) is 12.7 Å². The number of hydrogen-bond donors (Lipinski definition) is 1. The fourth-order valence-corrected chi connectivity index (χ4v) is 1.39. The Labute approximate surface area is 57.1 Å². The first kappa shape index (κ1) is 6.81. The largest absolute Gasteiger partial charge is 0.316 e. The van der Waals surface area contributed by atoms with Gasteiger partial charge in [-0.15, -0.1) is 6.58 Å². The summed E-state index contributed by atoms with van der Waals surface area (Å²) >= 11 is 0. The third kappa shape index (κ3) is 1.55. The molecule has 52 valence electrons. The van der Waals surface area contributed by atoms with E-state index in [0.717, 1.165) is 6.42 Å². The van der Waals surface area contributed by atoms with E-state index in [0.29, 0.717) is 5.41 Å². The van der Waals surface area contributed by atoms with Gasteiger partial charge in [-0.1, -0.05) is 13.0 Å². The van der Waals surface area contributed by atoms with Crippen molar-refractivity contribution in [1.82, 2.24) is 5.32 Å². The number of hydrogen-bond acceptors (Lipinski definition) is 1. The zero-order chi connectivity index (χ0) is 6.74. The summed E-state index contributed by atoms with van der Waals surface area (Å²) in [6.07, 6.45) is 4.48. The normalized spacial score (nSPS) is 34.8. The molecule has 0 amide bonds. The standard InChI is InChI=1S/C8H15N/c1-3-4-8(2)5-6-9-7-8/h3,9H,1,4-7H2,2H3. The van der Waals surface area contributed by atoms with E-state index in [-0.39, 0.29) is 0 Å². The highest BCUT2D eigenvalue weighted by atomic mass is 14.9. The Bertz CT molecular complexity index is 101. The maximum Gasteiger partial charge on any atom is 0.000861 e. The van der Waals surface area contributed by atoms with Crippen LogP contribution in [0.4, 0.5) is 0 Å². The summed E-state index contributed by atoms with van der Waals surface area (Å²) in [5, 5.41) is 3.35.